The largest absolute Gasteiger partial charge is 0.354 e. The molecular formula is C20H16ClFN4O2. The molecule has 3 aromatic rings. The van der Waals surface area contributed by atoms with Crippen molar-refractivity contribution in [2.45, 2.75) is 6.92 Å². The van der Waals surface area contributed by atoms with E-state index in [9.17, 15) is 14.0 Å². The standard InChI is InChI=1S/C20H16ClFN4O2/c1-12(27)24-14-3-2-4-15(8-14)26-20(28)13-7-17(11-23-10-13)25-16-5-6-19(22)18(21)9-16/h2-11,25H,1H3,(H,24,27)(H,26,28). The molecule has 2 aromatic carbocycles. The van der Waals surface area contributed by atoms with E-state index in [1.54, 1.807) is 30.3 Å². The fourth-order valence-electron chi connectivity index (χ4n) is 2.45. The lowest BCUT2D eigenvalue weighted by atomic mass is 10.2. The summed E-state index contributed by atoms with van der Waals surface area (Å²) in [5.41, 5.74) is 2.53. The van der Waals surface area contributed by atoms with Gasteiger partial charge in [0.05, 0.1) is 22.5 Å². The van der Waals surface area contributed by atoms with Crippen molar-refractivity contribution in [2.24, 2.45) is 0 Å². The highest BCUT2D eigenvalue weighted by atomic mass is 35.5. The first-order chi connectivity index (χ1) is 13.4. The first-order valence-electron chi connectivity index (χ1n) is 8.27. The first kappa shape index (κ1) is 19.3. The van der Waals surface area contributed by atoms with Gasteiger partial charge >= 0.3 is 0 Å². The van der Waals surface area contributed by atoms with Crippen LogP contribution in [-0.4, -0.2) is 16.8 Å². The lowest BCUT2D eigenvalue weighted by Gasteiger charge is -2.10. The number of aromatic nitrogens is 1. The Morgan fingerprint density at radius 2 is 1.68 bits per heavy atom. The minimum Gasteiger partial charge on any atom is -0.354 e. The number of halogens is 2. The maximum Gasteiger partial charge on any atom is 0.257 e. The van der Waals surface area contributed by atoms with Gasteiger partial charge in [0.25, 0.3) is 5.91 Å². The van der Waals surface area contributed by atoms with Crippen LogP contribution in [0.15, 0.2) is 60.9 Å². The average molecular weight is 399 g/mol. The van der Waals surface area contributed by atoms with Crippen LogP contribution in [0.3, 0.4) is 0 Å². The second-order valence-electron chi connectivity index (χ2n) is 5.93. The minimum atomic E-state index is -0.514. The van der Waals surface area contributed by atoms with Crippen molar-refractivity contribution in [3.8, 4) is 0 Å². The van der Waals surface area contributed by atoms with Crippen molar-refractivity contribution < 1.29 is 14.0 Å². The van der Waals surface area contributed by atoms with Crippen LogP contribution in [0.25, 0.3) is 0 Å². The third-order valence-electron chi connectivity index (χ3n) is 3.65. The molecule has 1 heterocycles. The number of rotatable bonds is 5. The Hall–Kier alpha value is -3.45. The average Bonchev–Trinajstić information content (AvgIpc) is 2.65. The molecule has 3 N–H and O–H groups in total. The number of pyridine rings is 1. The second kappa shape index (κ2) is 8.49. The molecule has 0 aliphatic rings. The lowest BCUT2D eigenvalue weighted by molar-refractivity contribution is -0.114. The Kier molecular flexibility index (Phi) is 5.86. The van der Waals surface area contributed by atoms with Crippen LogP contribution in [0.4, 0.5) is 27.1 Å². The molecule has 0 saturated carbocycles. The van der Waals surface area contributed by atoms with Crippen molar-refractivity contribution in [1.29, 1.82) is 0 Å². The predicted molar refractivity (Wildman–Crippen MR) is 108 cm³/mol. The molecule has 0 unspecified atom stereocenters. The van der Waals surface area contributed by atoms with Crippen LogP contribution in [0.2, 0.25) is 5.02 Å². The summed E-state index contributed by atoms with van der Waals surface area (Å²) in [7, 11) is 0. The molecule has 0 aliphatic carbocycles. The summed E-state index contributed by atoms with van der Waals surface area (Å²) < 4.78 is 13.3. The van der Waals surface area contributed by atoms with E-state index in [1.165, 1.54) is 37.5 Å². The number of amides is 2. The third kappa shape index (κ3) is 5.05. The molecule has 0 saturated heterocycles. The van der Waals surface area contributed by atoms with E-state index >= 15 is 0 Å². The number of carbonyl (C=O) groups excluding carboxylic acids is 2. The number of hydrogen-bond acceptors (Lipinski definition) is 4. The van der Waals surface area contributed by atoms with Gasteiger partial charge in [-0.1, -0.05) is 17.7 Å². The van der Waals surface area contributed by atoms with Gasteiger partial charge in [-0.3, -0.25) is 14.6 Å². The summed E-state index contributed by atoms with van der Waals surface area (Å²) in [6.45, 7) is 1.41. The van der Waals surface area contributed by atoms with Gasteiger partial charge in [0.2, 0.25) is 5.91 Å². The molecule has 0 aliphatic heterocycles. The highest BCUT2D eigenvalue weighted by molar-refractivity contribution is 6.31. The monoisotopic (exact) mass is 398 g/mol. The first-order valence-corrected chi connectivity index (χ1v) is 8.64. The summed E-state index contributed by atoms with van der Waals surface area (Å²) in [6.07, 6.45) is 2.96. The van der Waals surface area contributed by atoms with E-state index in [2.05, 4.69) is 20.9 Å². The molecule has 0 atom stereocenters. The summed E-state index contributed by atoms with van der Waals surface area (Å²) in [5.74, 6) is -1.08. The molecule has 0 fully saturated rings. The molecule has 2 amide bonds. The number of hydrogen-bond donors (Lipinski definition) is 3. The molecule has 0 bridgehead atoms. The van der Waals surface area contributed by atoms with Crippen molar-refractivity contribution in [1.82, 2.24) is 4.98 Å². The Balaban J connectivity index is 1.73. The van der Waals surface area contributed by atoms with E-state index in [0.717, 1.165) is 0 Å². The highest BCUT2D eigenvalue weighted by Gasteiger charge is 2.09. The van der Waals surface area contributed by atoms with Crippen LogP contribution >= 0.6 is 11.6 Å². The SMILES string of the molecule is CC(=O)Nc1cccc(NC(=O)c2cncc(Nc3ccc(F)c(Cl)c3)c2)c1. The van der Waals surface area contributed by atoms with Crippen LogP contribution in [0, 0.1) is 5.82 Å². The van der Waals surface area contributed by atoms with Crippen molar-refractivity contribution in [3.63, 3.8) is 0 Å². The summed E-state index contributed by atoms with van der Waals surface area (Å²) in [5, 5.41) is 8.42. The van der Waals surface area contributed by atoms with E-state index in [-0.39, 0.29) is 16.8 Å². The fraction of sp³-hybridized carbons (Fsp3) is 0.0500. The van der Waals surface area contributed by atoms with Crippen molar-refractivity contribution >= 4 is 46.2 Å². The van der Waals surface area contributed by atoms with Gasteiger partial charge in [0.1, 0.15) is 5.82 Å². The zero-order valence-electron chi connectivity index (χ0n) is 14.8. The zero-order valence-corrected chi connectivity index (χ0v) is 15.5. The van der Waals surface area contributed by atoms with E-state index < -0.39 is 5.82 Å². The van der Waals surface area contributed by atoms with Gasteiger partial charge in [-0.05, 0) is 42.5 Å². The molecule has 3 rings (SSSR count). The minimum absolute atomic E-state index is 0.00842. The van der Waals surface area contributed by atoms with E-state index in [0.29, 0.717) is 28.3 Å². The Morgan fingerprint density at radius 3 is 2.39 bits per heavy atom. The molecule has 142 valence electrons. The third-order valence-corrected chi connectivity index (χ3v) is 3.94. The van der Waals surface area contributed by atoms with Crippen molar-refractivity contribution in [2.75, 3.05) is 16.0 Å². The zero-order chi connectivity index (χ0) is 20.1. The Labute approximate surface area is 165 Å². The molecule has 6 nitrogen and oxygen atoms in total. The highest BCUT2D eigenvalue weighted by Crippen LogP contribution is 2.23. The molecular weight excluding hydrogens is 383 g/mol. The van der Waals surface area contributed by atoms with Gasteiger partial charge in [-0.25, -0.2) is 4.39 Å². The molecule has 1 aromatic heterocycles. The number of nitrogens with zero attached hydrogens (tertiary/aromatic N) is 1. The van der Waals surface area contributed by atoms with Gasteiger partial charge in [0.15, 0.2) is 0 Å². The Morgan fingerprint density at radius 1 is 0.929 bits per heavy atom. The quantitative estimate of drug-likeness (QED) is 0.575. The molecule has 0 radical (unpaired) electrons. The lowest BCUT2D eigenvalue weighted by Crippen LogP contribution is -2.13. The summed E-state index contributed by atoms with van der Waals surface area (Å²) >= 11 is 5.78. The summed E-state index contributed by atoms with van der Waals surface area (Å²) in [4.78, 5) is 27.7. The van der Waals surface area contributed by atoms with Crippen LogP contribution in [0.5, 0.6) is 0 Å². The number of anilines is 4. The predicted octanol–water partition coefficient (Wildman–Crippen LogP) is 4.83. The second-order valence-corrected chi connectivity index (χ2v) is 6.34. The van der Waals surface area contributed by atoms with E-state index in [4.69, 9.17) is 11.6 Å². The normalized spacial score (nSPS) is 10.2. The number of carbonyl (C=O) groups is 2. The maximum atomic E-state index is 13.3. The maximum absolute atomic E-state index is 13.3. The molecule has 8 heteroatoms. The molecule has 28 heavy (non-hydrogen) atoms. The van der Waals surface area contributed by atoms with Gasteiger partial charge in [-0.15, -0.1) is 0 Å². The van der Waals surface area contributed by atoms with Crippen LogP contribution < -0.4 is 16.0 Å². The number of nitrogens with one attached hydrogen (secondary N) is 3. The number of benzene rings is 2. The van der Waals surface area contributed by atoms with Crippen LogP contribution in [-0.2, 0) is 4.79 Å². The fourth-order valence-corrected chi connectivity index (χ4v) is 2.63. The van der Waals surface area contributed by atoms with Gasteiger partial charge in [0, 0.05) is 30.2 Å². The van der Waals surface area contributed by atoms with Crippen molar-refractivity contribution in [3.05, 3.63) is 77.3 Å². The summed E-state index contributed by atoms with van der Waals surface area (Å²) in [6, 6.07) is 12.6. The van der Waals surface area contributed by atoms with Gasteiger partial charge < -0.3 is 16.0 Å². The smallest absolute Gasteiger partial charge is 0.257 e. The Bertz CT molecular complexity index is 1040. The topological polar surface area (TPSA) is 83.1 Å². The van der Waals surface area contributed by atoms with Gasteiger partial charge in [-0.2, -0.15) is 0 Å². The van der Waals surface area contributed by atoms with E-state index in [1.807, 2.05) is 0 Å². The van der Waals surface area contributed by atoms with Crippen LogP contribution in [0.1, 0.15) is 17.3 Å². The molecule has 0 spiro atoms.